The maximum atomic E-state index is 12.4. The van der Waals surface area contributed by atoms with Gasteiger partial charge in [0.2, 0.25) is 5.91 Å². The van der Waals surface area contributed by atoms with Crippen molar-refractivity contribution >= 4 is 17.7 Å². The lowest BCUT2D eigenvalue weighted by Gasteiger charge is -2.33. The van der Waals surface area contributed by atoms with Crippen LogP contribution in [0.15, 0.2) is 0 Å². The van der Waals surface area contributed by atoms with Crippen molar-refractivity contribution in [2.45, 2.75) is 37.8 Å². The third-order valence-electron chi connectivity index (χ3n) is 3.59. The number of likely N-dealkylation sites (tertiary alicyclic amines) is 1. The van der Waals surface area contributed by atoms with Gasteiger partial charge in [-0.1, -0.05) is 12.8 Å². The molecular weight excluding hydrogens is 236 g/mol. The third-order valence-corrected chi connectivity index (χ3v) is 4.65. The summed E-state index contributed by atoms with van der Waals surface area (Å²) in [6.07, 6.45) is 4.32. The number of nitrogens with zero attached hydrogens (tertiary/aromatic N) is 1. The second-order valence-corrected chi connectivity index (χ2v) is 5.95. The average molecular weight is 258 g/mol. The Balaban J connectivity index is 1.98. The van der Waals surface area contributed by atoms with E-state index in [1.54, 1.807) is 0 Å². The number of carbonyl (C=O) groups is 1. The number of aliphatic hydroxyl groups is 1. The van der Waals surface area contributed by atoms with Gasteiger partial charge >= 0.3 is 0 Å². The Labute approximate surface area is 107 Å². The van der Waals surface area contributed by atoms with Crippen LogP contribution in [0.3, 0.4) is 0 Å². The zero-order valence-electron chi connectivity index (χ0n) is 10.2. The summed E-state index contributed by atoms with van der Waals surface area (Å²) in [6, 6.07) is -0.000346. The van der Waals surface area contributed by atoms with Crippen molar-refractivity contribution in [2.75, 3.05) is 31.2 Å². The van der Waals surface area contributed by atoms with Gasteiger partial charge in [-0.15, -0.1) is 0 Å². The van der Waals surface area contributed by atoms with Crippen LogP contribution in [0.25, 0.3) is 0 Å². The molecule has 0 spiro atoms. The van der Waals surface area contributed by atoms with Crippen LogP contribution in [0.5, 0.6) is 0 Å². The van der Waals surface area contributed by atoms with Crippen LogP contribution in [0, 0.1) is 0 Å². The molecule has 2 rings (SSSR count). The van der Waals surface area contributed by atoms with Crippen molar-refractivity contribution in [1.82, 2.24) is 10.2 Å². The summed E-state index contributed by atoms with van der Waals surface area (Å²) in [5, 5.41) is 12.7. The average Bonchev–Trinajstić information content (AvgIpc) is 2.64. The van der Waals surface area contributed by atoms with E-state index in [1.807, 2.05) is 16.7 Å². The monoisotopic (exact) mass is 258 g/mol. The van der Waals surface area contributed by atoms with E-state index in [1.165, 1.54) is 6.42 Å². The van der Waals surface area contributed by atoms with Gasteiger partial charge in [0.25, 0.3) is 0 Å². The van der Waals surface area contributed by atoms with E-state index in [0.29, 0.717) is 0 Å². The Hall–Kier alpha value is -0.260. The fourth-order valence-corrected chi connectivity index (χ4v) is 3.51. The van der Waals surface area contributed by atoms with Crippen LogP contribution < -0.4 is 5.32 Å². The molecular formula is C12H22N2O2S. The van der Waals surface area contributed by atoms with E-state index in [0.717, 1.165) is 43.9 Å². The molecule has 0 aromatic heterocycles. The summed E-state index contributed by atoms with van der Waals surface area (Å²) in [5.41, 5.74) is 0. The zero-order valence-corrected chi connectivity index (χ0v) is 11.0. The van der Waals surface area contributed by atoms with Crippen molar-refractivity contribution in [3.63, 3.8) is 0 Å². The van der Waals surface area contributed by atoms with Gasteiger partial charge in [0, 0.05) is 24.6 Å². The minimum atomic E-state index is -0.0408. The molecule has 2 aliphatic heterocycles. The van der Waals surface area contributed by atoms with Gasteiger partial charge in [0.1, 0.15) is 0 Å². The molecule has 2 saturated heterocycles. The Morgan fingerprint density at radius 1 is 1.41 bits per heavy atom. The quantitative estimate of drug-likeness (QED) is 0.755. The molecule has 4 nitrogen and oxygen atoms in total. The first kappa shape index (κ1) is 13.2. The predicted molar refractivity (Wildman–Crippen MR) is 70.2 cm³/mol. The molecule has 98 valence electrons. The van der Waals surface area contributed by atoms with Gasteiger partial charge in [-0.3, -0.25) is 4.79 Å². The molecule has 2 heterocycles. The smallest absolute Gasteiger partial charge is 0.240 e. The molecule has 0 radical (unpaired) electrons. The first-order valence-electron chi connectivity index (χ1n) is 6.55. The first-order chi connectivity index (χ1) is 8.33. The highest BCUT2D eigenvalue weighted by Gasteiger charge is 2.30. The maximum absolute atomic E-state index is 12.4. The molecule has 0 aliphatic carbocycles. The van der Waals surface area contributed by atoms with Gasteiger partial charge in [0.05, 0.1) is 18.7 Å². The minimum absolute atomic E-state index is 0.0405. The van der Waals surface area contributed by atoms with Crippen LogP contribution in [-0.4, -0.2) is 59.2 Å². The fourth-order valence-electron chi connectivity index (χ4n) is 2.58. The number of nitrogens with one attached hydrogen (secondary N) is 1. The lowest BCUT2D eigenvalue weighted by molar-refractivity contribution is -0.136. The highest BCUT2D eigenvalue weighted by molar-refractivity contribution is 7.99. The first-order valence-corrected chi connectivity index (χ1v) is 7.71. The molecule has 17 heavy (non-hydrogen) atoms. The lowest BCUT2D eigenvalue weighted by Crippen LogP contribution is -2.54. The molecule has 2 aliphatic rings. The highest BCUT2D eigenvalue weighted by atomic mass is 32.2. The number of aliphatic hydroxyl groups excluding tert-OH is 1. The largest absolute Gasteiger partial charge is 0.394 e. The van der Waals surface area contributed by atoms with Gasteiger partial charge in [-0.2, -0.15) is 11.8 Å². The number of thioether (sulfide) groups is 1. The standard InChI is InChI=1S/C12H22N2O2S/c15-8-10-4-2-1-3-6-14(10)12(16)11-9-17-7-5-13-11/h10-11,13,15H,1-9H2. The van der Waals surface area contributed by atoms with Gasteiger partial charge in [0.15, 0.2) is 0 Å². The molecule has 0 aromatic carbocycles. The number of amides is 1. The van der Waals surface area contributed by atoms with E-state index in [-0.39, 0.29) is 24.6 Å². The second kappa shape index (κ2) is 6.61. The van der Waals surface area contributed by atoms with E-state index >= 15 is 0 Å². The number of hydrogen-bond acceptors (Lipinski definition) is 4. The molecule has 2 fully saturated rings. The Kier molecular flexibility index (Phi) is 5.13. The molecule has 2 unspecified atom stereocenters. The molecule has 0 saturated carbocycles. The fraction of sp³-hybridized carbons (Fsp3) is 0.917. The van der Waals surface area contributed by atoms with Crippen molar-refractivity contribution in [3.05, 3.63) is 0 Å². The summed E-state index contributed by atoms with van der Waals surface area (Å²) in [5.74, 6) is 2.15. The molecule has 0 bridgehead atoms. The highest BCUT2D eigenvalue weighted by Crippen LogP contribution is 2.19. The van der Waals surface area contributed by atoms with Gasteiger partial charge in [-0.25, -0.2) is 0 Å². The summed E-state index contributed by atoms with van der Waals surface area (Å²) in [4.78, 5) is 14.3. The van der Waals surface area contributed by atoms with E-state index in [2.05, 4.69) is 5.32 Å². The molecule has 2 atom stereocenters. The number of hydrogen-bond donors (Lipinski definition) is 2. The van der Waals surface area contributed by atoms with Crippen molar-refractivity contribution in [2.24, 2.45) is 0 Å². The summed E-state index contributed by atoms with van der Waals surface area (Å²) in [7, 11) is 0. The summed E-state index contributed by atoms with van der Waals surface area (Å²) < 4.78 is 0. The topological polar surface area (TPSA) is 52.6 Å². The molecule has 5 heteroatoms. The van der Waals surface area contributed by atoms with Crippen molar-refractivity contribution in [1.29, 1.82) is 0 Å². The van der Waals surface area contributed by atoms with Gasteiger partial charge in [-0.05, 0) is 12.8 Å². The van der Waals surface area contributed by atoms with E-state index in [9.17, 15) is 9.90 Å². The molecule has 0 aromatic rings. The van der Waals surface area contributed by atoms with Crippen LogP contribution in [0.1, 0.15) is 25.7 Å². The predicted octanol–water partition coefficient (Wildman–Crippen LogP) is 0.455. The summed E-state index contributed by atoms with van der Waals surface area (Å²) in [6.45, 7) is 1.83. The Morgan fingerprint density at radius 2 is 2.29 bits per heavy atom. The molecule has 1 amide bonds. The van der Waals surface area contributed by atoms with Crippen LogP contribution in [-0.2, 0) is 4.79 Å². The van der Waals surface area contributed by atoms with Crippen LogP contribution >= 0.6 is 11.8 Å². The van der Waals surface area contributed by atoms with E-state index in [4.69, 9.17) is 0 Å². The van der Waals surface area contributed by atoms with Crippen LogP contribution in [0.4, 0.5) is 0 Å². The number of carbonyl (C=O) groups excluding carboxylic acids is 1. The second-order valence-electron chi connectivity index (χ2n) is 4.80. The van der Waals surface area contributed by atoms with Gasteiger partial charge < -0.3 is 15.3 Å². The lowest BCUT2D eigenvalue weighted by atomic mass is 10.1. The maximum Gasteiger partial charge on any atom is 0.240 e. The van der Waals surface area contributed by atoms with Crippen molar-refractivity contribution in [3.8, 4) is 0 Å². The number of rotatable bonds is 2. The normalized spacial score (nSPS) is 31.0. The molecule has 2 N–H and O–H groups in total. The van der Waals surface area contributed by atoms with Crippen LogP contribution in [0.2, 0.25) is 0 Å². The van der Waals surface area contributed by atoms with E-state index < -0.39 is 0 Å². The van der Waals surface area contributed by atoms with Crippen molar-refractivity contribution < 1.29 is 9.90 Å². The Morgan fingerprint density at radius 3 is 3.00 bits per heavy atom. The SMILES string of the molecule is O=C(C1CSCCN1)N1CCCCCC1CO. The Bertz CT molecular complexity index is 257. The zero-order chi connectivity index (χ0) is 12.1. The minimum Gasteiger partial charge on any atom is -0.394 e. The third kappa shape index (κ3) is 3.36. The summed E-state index contributed by atoms with van der Waals surface area (Å²) >= 11 is 1.84.